The molecular formula is C23H33N5O. The molecule has 1 aromatic carbocycles. The van der Waals surface area contributed by atoms with E-state index in [0.717, 1.165) is 49.1 Å². The van der Waals surface area contributed by atoms with Crippen molar-refractivity contribution < 1.29 is 4.79 Å². The van der Waals surface area contributed by atoms with Crippen LogP contribution in [-0.4, -0.2) is 53.0 Å². The molecule has 6 nitrogen and oxygen atoms in total. The minimum Gasteiger partial charge on any atom is -0.354 e. The number of anilines is 1. The Morgan fingerprint density at radius 1 is 1.00 bits per heavy atom. The van der Waals surface area contributed by atoms with Crippen LogP contribution in [0.3, 0.4) is 0 Å². The number of benzene rings is 1. The van der Waals surface area contributed by atoms with Gasteiger partial charge in [-0.25, -0.2) is 9.97 Å². The third-order valence-electron chi connectivity index (χ3n) is 5.60. The van der Waals surface area contributed by atoms with Gasteiger partial charge in [-0.15, -0.1) is 0 Å². The van der Waals surface area contributed by atoms with Crippen LogP contribution in [0.25, 0.3) is 0 Å². The Kier molecular flexibility index (Phi) is 6.85. The lowest BCUT2D eigenvalue weighted by Gasteiger charge is -2.38. The maximum atomic E-state index is 12.8. The number of amides is 1. The molecule has 6 heteroatoms. The number of aromatic nitrogens is 2. The van der Waals surface area contributed by atoms with E-state index < -0.39 is 0 Å². The van der Waals surface area contributed by atoms with Crippen LogP contribution in [0.5, 0.6) is 0 Å². The van der Waals surface area contributed by atoms with Gasteiger partial charge in [-0.3, -0.25) is 9.69 Å². The van der Waals surface area contributed by atoms with Crippen molar-refractivity contribution >= 4 is 11.7 Å². The Morgan fingerprint density at radius 2 is 1.66 bits per heavy atom. The number of carbonyl (C=O) groups is 1. The van der Waals surface area contributed by atoms with Crippen molar-refractivity contribution in [1.82, 2.24) is 20.2 Å². The molecule has 0 saturated carbocycles. The van der Waals surface area contributed by atoms with Gasteiger partial charge in [0.1, 0.15) is 11.6 Å². The summed E-state index contributed by atoms with van der Waals surface area (Å²) in [6.07, 6.45) is 0. The zero-order chi connectivity index (χ0) is 21.0. The summed E-state index contributed by atoms with van der Waals surface area (Å²) in [6.45, 7) is 13.7. The van der Waals surface area contributed by atoms with E-state index in [9.17, 15) is 4.79 Å². The highest BCUT2D eigenvalue weighted by molar-refractivity contribution is 5.81. The fraction of sp³-hybridized carbons (Fsp3) is 0.522. The minimum atomic E-state index is -0.151. The molecule has 2 heterocycles. The Balaban J connectivity index is 1.57. The van der Waals surface area contributed by atoms with E-state index in [1.54, 1.807) is 0 Å². The van der Waals surface area contributed by atoms with Gasteiger partial charge in [0.15, 0.2) is 0 Å². The number of hydrogen-bond donors (Lipinski definition) is 1. The topological polar surface area (TPSA) is 61.4 Å². The largest absolute Gasteiger partial charge is 0.354 e. The first-order chi connectivity index (χ1) is 13.8. The molecule has 2 aromatic rings. The van der Waals surface area contributed by atoms with E-state index in [1.165, 1.54) is 0 Å². The van der Waals surface area contributed by atoms with Gasteiger partial charge in [-0.2, -0.15) is 0 Å². The van der Waals surface area contributed by atoms with E-state index >= 15 is 0 Å². The second kappa shape index (κ2) is 9.35. The monoisotopic (exact) mass is 395 g/mol. The zero-order valence-electron chi connectivity index (χ0n) is 18.2. The molecule has 1 fully saturated rings. The van der Waals surface area contributed by atoms with Crippen molar-refractivity contribution in [2.24, 2.45) is 0 Å². The van der Waals surface area contributed by atoms with Gasteiger partial charge in [-0.05, 0) is 26.3 Å². The van der Waals surface area contributed by atoms with E-state index in [1.807, 2.05) is 51.1 Å². The van der Waals surface area contributed by atoms with Crippen LogP contribution >= 0.6 is 0 Å². The van der Waals surface area contributed by atoms with Crippen LogP contribution in [0.15, 0.2) is 36.4 Å². The number of piperazine rings is 1. The standard InChI is InChI=1S/C23H33N5O/c1-16(2)22-24-17(3)15-21(26-22)28-13-11-27(12-14-28)19(5)23(29)25-18(4)20-9-7-6-8-10-20/h6-10,15-16,18-19H,11-14H2,1-5H3,(H,25,29)/t18-,19-/m0/s1. The van der Waals surface area contributed by atoms with Gasteiger partial charge in [0.25, 0.3) is 0 Å². The van der Waals surface area contributed by atoms with E-state index in [-0.39, 0.29) is 18.0 Å². The predicted molar refractivity (Wildman–Crippen MR) is 117 cm³/mol. The Morgan fingerprint density at radius 3 is 2.28 bits per heavy atom. The number of aryl methyl sites for hydroxylation is 1. The van der Waals surface area contributed by atoms with Crippen molar-refractivity contribution in [1.29, 1.82) is 0 Å². The van der Waals surface area contributed by atoms with Gasteiger partial charge in [0, 0.05) is 43.9 Å². The van der Waals surface area contributed by atoms with E-state index in [0.29, 0.717) is 5.92 Å². The third kappa shape index (κ3) is 5.32. The molecule has 0 spiro atoms. The highest BCUT2D eigenvalue weighted by Gasteiger charge is 2.27. The number of nitrogens with one attached hydrogen (secondary N) is 1. The first-order valence-corrected chi connectivity index (χ1v) is 10.5. The van der Waals surface area contributed by atoms with Crippen molar-refractivity contribution in [2.75, 3.05) is 31.1 Å². The van der Waals surface area contributed by atoms with Crippen LogP contribution in [0.1, 0.15) is 56.7 Å². The third-order valence-corrected chi connectivity index (χ3v) is 5.60. The molecule has 0 bridgehead atoms. The van der Waals surface area contributed by atoms with Crippen molar-refractivity contribution in [3.8, 4) is 0 Å². The quantitative estimate of drug-likeness (QED) is 0.813. The molecule has 0 radical (unpaired) electrons. The second-order valence-electron chi connectivity index (χ2n) is 8.22. The van der Waals surface area contributed by atoms with Gasteiger partial charge >= 0.3 is 0 Å². The lowest BCUT2D eigenvalue weighted by Crippen LogP contribution is -2.54. The van der Waals surface area contributed by atoms with Gasteiger partial charge < -0.3 is 10.2 Å². The van der Waals surface area contributed by atoms with Gasteiger partial charge in [-0.1, -0.05) is 44.2 Å². The molecule has 0 aliphatic carbocycles. The lowest BCUT2D eigenvalue weighted by atomic mass is 10.1. The molecule has 3 rings (SSSR count). The molecule has 1 N–H and O–H groups in total. The van der Waals surface area contributed by atoms with Crippen molar-refractivity contribution in [2.45, 2.75) is 52.6 Å². The predicted octanol–water partition coefficient (Wildman–Crippen LogP) is 3.30. The summed E-state index contributed by atoms with van der Waals surface area (Å²) >= 11 is 0. The normalized spacial score (nSPS) is 17.2. The van der Waals surface area contributed by atoms with Crippen LogP contribution < -0.4 is 10.2 Å². The Labute approximate surface area is 174 Å². The summed E-state index contributed by atoms with van der Waals surface area (Å²) in [6, 6.07) is 12.0. The molecule has 2 atom stereocenters. The molecule has 1 amide bonds. The maximum Gasteiger partial charge on any atom is 0.237 e. The number of nitrogens with zero attached hydrogens (tertiary/aromatic N) is 4. The number of rotatable bonds is 6. The van der Waals surface area contributed by atoms with E-state index in [2.05, 4.69) is 40.0 Å². The summed E-state index contributed by atoms with van der Waals surface area (Å²) in [5, 5.41) is 3.15. The molecule has 1 aliphatic rings. The van der Waals surface area contributed by atoms with Crippen molar-refractivity contribution in [3.05, 3.63) is 53.5 Å². The summed E-state index contributed by atoms with van der Waals surface area (Å²) in [5.41, 5.74) is 2.13. The fourth-order valence-electron chi connectivity index (χ4n) is 3.66. The molecule has 1 aliphatic heterocycles. The van der Waals surface area contributed by atoms with Crippen LogP contribution in [-0.2, 0) is 4.79 Å². The molecule has 156 valence electrons. The van der Waals surface area contributed by atoms with Crippen LogP contribution in [0.4, 0.5) is 5.82 Å². The SMILES string of the molecule is Cc1cc(N2CCN([C@@H](C)C(=O)N[C@@H](C)c3ccccc3)CC2)nc(C(C)C)n1. The first-order valence-electron chi connectivity index (χ1n) is 10.5. The molecule has 1 saturated heterocycles. The highest BCUT2D eigenvalue weighted by atomic mass is 16.2. The second-order valence-corrected chi connectivity index (χ2v) is 8.22. The molecule has 1 aromatic heterocycles. The Hall–Kier alpha value is -2.47. The Bertz CT molecular complexity index is 815. The summed E-state index contributed by atoms with van der Waals surface area (Å²) in [7, 11) is 0. The van der Waals surface area contributed by atoms with Crippen LogP contribution in [0.2, 0.25) is 0 Å². The summed E-state index contributed by atoms with van der Waals surface area (Å²) in [4.78, 5) is 26.6. The summed E-state index contributed by atoms with van der Waals surface area (Å²) in [5.74, 6) is 2.28. The maximum absolute atomic E-state index is 12.8. The highest BCUT2D eigenvalue weighted by Crippen LogP contribution is 2.19. The lowest BCUT2D eigenvalue weighted by molar-refractivity contribution is -0.126. The van der Waals surface area contributed by atoms with Gasteiger partial charge in [0.2, 0.25) is 5.91 Å². The minimum absolute atomic E-state index is 0.00545. The van der Waals surface area contributed by atoms with E-state index in [4.69, 9.17) is 4.98 Å². The van der Waals surface area contributed by atoms with Gasteiger partial charge in [0.05, 0.1) is 12.1 Å². The number of carbonyl (C=O) groups excluding carboxylic acids is 1. The zero-order valence-corrected chi connectivity index (χ0v) is 18.2. The van der Waals surface area contributed by atoms with Crippen LogP contribution in [0, 0.1) is 6.92 Å². The first kappa shape index (κ1) is 21.2. The smallest absolute Gasteiger partial charge is 0.237 e. The number of hydrogen-bond acceptors (Lipinski definition) is 5. The summed E-state index contributed by atoms with van der Waals surface area (Å²) < 4.78 is 0. The average Bonchev–Trinajstić information content (AvgIpc) is 2.73. The molecule has 0 unspecified atom stereocenters. The molecule has 29 heavy (non-hydrogen) atoms. The van der Waals surface area contributed by atoms with Crippen molar-refractivity contribution in [3.63, 3.8) is 0 Å². The fourth-order valence-corrected chi connectivity index (χ4v) is 3.66. The molecular weight excluding hydrogens is 362 g/mol. The average molecular weight is 396 g/mol.